The summed E-state index contributed by atoms with van der Waals surface area (Å²) in [7, 11) is 0. The van der Waals surface area contributed by atoms with Crippen molar-refractivity contribution in [1.82, 2.24) is 4.98 Å². The summed E-state index contributed by atoms with van der Waals surface area (Å²) in [5, 5.41) is 9.27. The van der Waals surface area contributed by atoms with Crippen LogP contribution in [0.25, 0.3) is 0 Å². The minimum Gasteiger partial charge on any atom is -0.394 e. The van der Waals surface area contributed by atoms with Gasteiger partial charge in [0.15, 0.2) is 0 Å². The first-order chi connectivity index (χ1) is 8.00. The van der Waals surface area contributed by atoms with Crippen LogP contribution in [0, 0.1) is 0 Å². The number of nitrogens with zero attached hydrogens (tertiary/aromatic N) is 2. The van der Waals surface area contributed by atoms with Crippen LogP contribution < -0.4 is 4.90 Å². The number of hydrogen-bond acceptors (Lipinski definition) is 4. The second-order valence-electron chi connectivity index (χ2n) is 4.92. The predicted octanol–water partition coefficient (Wildman–Crippen LogP) is 1.82. The van der Waals surface area contributed by atoms with Gasteiger partial charge in [0.2, 0.25) is 0 Å². The Morgan fingerprint density at radius 1 is 1.59 bits per heavy atom. The summed E-state index contributed by atoms with van der Waals surface area (Å²) in [6, 6.07) is 2.03. The van der Waals surface area contributed by atoms with E-state index in [1.807, 2.05) is 26.1 Å². The average molecular weight is 301 g/mol. The lowest BCUT2D eigenvalue weighted by Crippen LogP contribution is -2.54. The second kappa shape index (κ2) is 4.92. The number of aliphatic hydroxyl groups excluding tert-OH is 1. The number of aromatic nitrogens is 1. The molecule has 0 aromatic carbocycles. The van der Waals surface area contributed by atoms with E-state index in [4.69, 9.17) is 4.74 Å². The van der Waals surface area contributed by atoms with E-state index < -0.39 is 0 Å². The molecule has 1 aromatic rings. The molecule has 4 nitrogen and oxygen atoms in total. The smallest absolute Gasteiger partial charge is 0.0988 e. The minimum absolute atomic E-state index is 0.0430. The van der Waals surface area contributed by atoms with E-state index in [2.05, 4.69) is 25.8 Å². The van der Waals surface area contributed by atoms with Gasteiger partial charge in [-0.3, -0.25) is 4.98 Å². The van der Waals surface area contributed by atoms with Gasteiger partial charge in [-0.05, 0) is 35.8 Å². The van der Waals surface area contributed by atoms with E-state index in [9.17, 15) is 5.11 Å². The lowest BCUT2D eigenvalue weighted by molar-refractivity contribution is -0.101. The monoisotopic (exact) mass is 300 g/mol. The van der Waals surface area contributed by atoms with Crippen LogP contribution in [0.3, 0.4) is 0 Å². The molecule has 0 radical (unpaired) electrons. The summed E-state index contributed by atoms with van der Waals surface area (Å²) in [5.74, 6) is 0. The van der Waals surface area contributed by atoms with Gasteiger partial charge in [0.25, 0.3) is 0 Å². The van der Waals surface area contributed by atoms with E-state index in [1.165, 1.54) is 0 Å². The number of anilines is 1. The highest BCUT2D eigenvalue weighted by atomic mass is 79.9. The molecule has 1 aliphatic heterocycles. The largest absolute Gasteiger partial charge is 0.394 e. The number of halogens is 1. The molecule has 0 spiro atoms. The molecule has 2 rings (SSSR count). The molecule has 17 heavy (non-hydrogen) atoms. The van der Waals surface area contributed by atoms with Crippen LogP contribution in [0.4, 0.5) is 5.69 Å². The van der Waals surface area contributed by atoms with Crippen molar-refractivity contribution < 1.29 is 9.84 Å². The summed E-state index contributed by atoms with van der Waals surface area (Å²) < 4.78 is 6.74. The number of morpholine rings is 1. The molecule has 2 heterocycles. The number of pyridine rings is 1. The van der Waals surface area contributed by atoms with Gasteiger partial charge in [-0.2, -0.15) is 0 Å². The average Bonchev–Trinajstić information content (AvgIpc) is 2.27. The highest BCUT2D eigenvalue weighted by molar-refractivity contribution is 9.10. The van der Waals surface area contributed by atoms with Gasteiger partial charge in [-0.1, -0.05) is 0 Å². The van der Waals surface area contributed by atoms with Gasteiger partial charge in [0.05, 0.1) is 30.2 Å². The van der Waals surface area contributed by atoms with Crippen molar-refractivity contribution in [2.75, 3.05) is 24.6 Å². The zero-order chi connectivity index (χ0) is 12.5. The van der Waals surface area contributed by atoms with Gasteiger partial charge in [0.1, 0.15) is 0 Å². The Morgan fingerprint density at radius 3 is 3.00 bits per heavy atom. The van der Waals surface area contributed by atoms with E-state index >= 15 is 0 Å². The lowest BCUT2D eigenvalue weighted by atomic mass is 10.0. The Balaban J connectivity index is 2.20. The molecule has 5 heteroatoms. The first kappa shape index (κ1) is 12.8. The fourth-order valence-corrected chi connectivity index (χ4v) is 2.51. The van der Waals surface area contributed by atoms with E-state index in [0.717, 1.165) is 16.7 Å². The summed E-state index contributed by atoms with van der Waals surface area (Å²) in [6.45, 7) is 5.60. The highest BCUT2D eigenvalue weighted by Crippen LogP contribution is 2.26. The maximum Gasteiger partial charge on any atom is 0.0988 e. The van der Waals surface area contributed by atoms with Crippen LogP contribution >= 0.6 is 15.9 Å². The molecule has 1 unspecified atom stereocenters. The van der Waals surface area contributed by atoms with Crippen LogP contribution in [0.2, 0.25) is 0 Å². The molecular formula is C12H17BrN2O2. The SMILES string of the molecule is CC1(C)CN(c2cncc(Br)c2)CC(CO)O1. The molecule has 0 aliphatic carbocycles. The maximum absolute atomic E-state index is 9.27. The topological polar surface area (TPSA) is 45.6 Å². The van der Waals surface area contributed by atoms with Crippen molar-refractivity contribution in [3.8, 4) is 0 Å². The third-order valence-corrected chi connectivity index (χ3v) is 3.17. The molecule has 0 bridgehead atoms. The summed E-state index contributed by atoms with van der Waals surface area (Å²) >= 11 is 3.42. The van der Waals surface area contributed by atoms with Crippen LogP contribution in [0.1, 0.15) is 13.8 Å². The van der Waals surface area contributed by atoms with E-state index in [1.54, 1.807) is 6.20 Å². The first-order valence-corrected chi connectivity index (χ1v) is 6.44. The van der Waals surface area contributed by atoms with Crippen molar-refractivity contribution in [2.24, 2.45) is 0 Å². The van der Waals surface area contributed by atoms with Crippen molar-refractivity contribution in [3.05, 3.63) is 22.9 Å². The lowest BCUT2D eigenvalue weighted by Gasteiger charge is -2.43. The Bertz CT molecular complexity index is 398. The molecule has 0 saturated carbocycles. The van der Waals surface area contributed by atoms with Gasteiger partial charge in [0, 0.05) is 23.8 Å². The number of aliphatic hydroxyl groups is 1. The molecule has 1 aromatic heterocycles. The van der Waals surface area contributed by atoms with Gasteiger partial charge >= 0.3 is 0 Å². The second-order valence-corrected chi connectivity index (χ2v) is 5.84. The fourth-order valence-electron chi connectivity index (χ4n) is 2.16. The van der Waals surface area contributed by atoms with E-state index in [-0.39, 0.29) is 18.3 Å². The molecule has 1 saturated heterocycles. The van der Waals surface area contributed by atoms with Gasteiger partial charge in [-0.15, -0.1) is 0 Å². The number of hydrogen-bond donors (Lipinski definition) is 1. The third-order valence-electron chi connectivity index (χ3n) is 2.74. The molecule has 1 atom stereocenters. The standard InChI is InChI=1S/C12H17BrN2O2/c1-12(2)8-15(6-11(7-16)17-12)10-3-9(13)4-14-5-10/h3-5,11,16H,6-8H2,1-2H3. The molecule has 1 N–H and O–H groups in total. The zero-order valence-corrected chi connectivity index (χ0v) is 11.6. The Morgan fingerprint density at radius 2 is 2.35 bits per heavy atom. The molecule has 94 valence electrons. The van der Waals surface area contributed by atoms with Crippen molar-refractivity contribution in [1.29, 1.82) is 0 Å². The van der Waals surface area contributed by atoms with Crippen LogP contribution in [0.5, 0.6) is 0 Å². The normalized spacial score (nSPS) is 23.8. The fraction of sp³-hybridized carbons (Fsp3) is 0.583. The third kappa shape index (κ3) is 3.18. The molecule has 1 fully saturated rings. The number of rotatable bonds is 2. The van der Waals surface area contributed by atoms with Gasteiger partial charge < -0.3 is 14.7 Å². The first-order valence-electron chi connectivity index (χ1n) is 5.64. The molecular weight excluding hydrogens is 284 g/mol. The quantitative estimate of drug-likeness (QED) is 0.905. The Hall–Kier alpha value is -0.650. The maximum atomic E-state index is 9.27. The highest BCUT2D eigenvalue weighted by Gasteiger charge is 2.33. The van der Waals surface area contributed by atoms with Crippen LogP contribution in [-0.2, 0) is 4.74 Å². The molecule has 0 amide bonds. The van der Waals surface area contributed by atoms with E-state index in [0.29, 0.717) is 6.54 Å². The van der Waals surface area contributed by atoms with Crippen molar-refractivity contribution in [3.63, 3.8) is 0 Å². The number of ether oxygens (including phenoxy) is 1. The predicted molar refractivity (Wildman–Crippen MR) is 70.2 cm³/mol. The zero-order valence-electron chi connectivity index (χ0n) is 10.1. The van der Waals surface area contributed by atoms with Crippen molar-refractivity contribution in [2.45, 2.75) is 25.6 Å². The van der Waals surface area contributed by atoms with Crippen LogP contribution in [-0.4, -0.2) is 41.5 Å². The minimum atomic E-state index is -0.256. The van der Waals surface area contributed by atoms with Crippen LogP contribution in [0.15, 0.2) is 22.9 Å². The summed E-state index contributed by atoms with van der Waals surface area (Å²) in [5.41, 5.74) is 0.794. The molecule has 1 aliphatic rings. The van der Waals surface area contributed by atoms with Crippen molar-refractivity contribution >= 4 is 21.6 Å². The summed E-state index contributed by atoms with van der Waals surface area (Å²) in [6.07, 6.45) is 3.46. The Kier molecular flexibility index (Phi) is 3.70. The van der Waals surface area contributed by atoms with Gasteiger partial charge in [-0.25, -0.2) is 0 Å². The Labute approximate surface area is 110 Å². The summed E-state index contributed by atoms with van der Waals surface area (Å²) in [4.78, 5) is 6.36.